The number of nitriles is 1. The molecular formula is C26H18N6OS. The second kappa shape index (κ2) is 9.17. The van der Waals surface area contributed by atoms with Gasteiger partial charge in [0.25, 0.3) is 5.91 Å². The molecule has 1 amide bonds. The number of nitrogens with one attached hydrogen (secondary N) is 1. The number of nitrogens with zero attached hydrogens (tertiary/aromatic N) is 5. The van der Waals surface area contributed by atoms with Crippen LogP contribution in [-0.2, 0) is 0 Å². The summed E-state index contributed by atoms with van der Waals surface area (Å²) in [5.74, 6) is -0.220. The lowest BCUT2D eigenvalue weighted by Crippen LogP contribution is -2.11. The van der Waals surface area contributed by atoms with Gasteiger partial charge in [-0.1, -0.05) is 29.5 Å². The Bertz CT molecular complexity index is 1600. The van der Waals surface area contributed by atoms with Gasteiger partial charge in [-0.2, -0.15) is 5.26 Å². The van der Waals surface area contributed by atoms with E-state index in [1.165, 1.54) is 4.68 Å². The van der Waals surface area contributed by atoms with Crippen molar-refractivity contribution in [1.29, 1.82) is 5.26 Å². The lowest BCUT2D eigenvalue weighted by molar-refractivity contribution is 0.102. The maximum Gasteiger partial charge on any atom is 0.255 e. The summed E-state index contributed by atoms with van der Waals surface area (Å²) >= 11 is 1.62. The van der Waals surface area contributed by atoms with E-state index in [1.54, 1.807) is 48.2 Å². The SMILES string of the molecule is CSc1ccc(C(=O)Nc2ccc3nnn(/C(C#N)=C/c4ccc5ccccc5n4)c3c2)cc1. The van der Waals surface area contributed by atoms with Gasteiger partial charge in [-0.15, -0.1) is 16.9 Å². The molecule has 0 aliphatic carbocycles. The molecule has 0 fully saturated rings. The number of aromatic nitrogens is 4. The first-order valence-corrected chi connectivity index (χ1v) is 11.7. The number of para-hydroxylation sites is 1. The van der Waals surface area contributed by atoms with E-state index < -0.39 is 0 Å². The Morgan fingerprint density at radius 2 is 1.85 bits per heavy atom. The highest BCUT2D eigenvalue weighted by Crippen LogP contribution is 2.22. The van der Waals surface area contributed by atoms with Crippen molar-refractivity contribution in [1.82, 2.24) is 20.0 Å². The minimum Gasteiger partial charge on any atom is -0.322 e. The molecular weight excluding hydrogens is 444 g/mol. The molecule has 0 aliphatic heterocycles. The number of amides is 1. The third-order valence-corrected chi connectivity index (χ3v) is 6.05. The highest BCUT2D eigenvalue weighted by molar-refractivity contribution is 7.98. The molecule has 0 saturated heterocycles. The third kappa shape index (κ3) is 4.25. The molecule has 34 heavy (non-hydrogen) atoms. The zero-order valence-electron chi connectivity index (χ0n) is 18.1. The Balaban J connectivity index is 1.47. The predicted octanol–water partition coefficient (Wildman–Crippen LogP) is 5.48. The first-order valence-electron chi connectivity index (χ1n) is 10.4. The smallest absolute Gasteiger partial charge is 0.255 e. The van der Waals surface area contributed by atoms with Crippen molar-refractivity contribution in [3.8, 4) is 6.07 Å². The van der Waals surface area contributed by atoms with Crippen LogP contribution < -0.4 is 5.32 Å². The van der Waals surface area contributed by atoms with Crippen LogP contribution in [0.25, 0.3) is 33.7 Å². The van der Waals surface area contributed by atoms with E-state index in [0.717, 1.165) is 15.8 Å². The molecule has 0 bridgehead atoms. The molecule has 5 aromatic rings. The Hall–Kier alpha value is -4.48. The zero-order valence-corrected chi connectivity index (χ0v) is 19.0. The molecule has 0 radical (unpaired) electrons. The van der Waals surface area contributed by atoms with Gasteiger partial charge in [0, 0.05) is 27.6 Å². The number of thioether (sulfide) groups is 1. The Morgan fingerprint density at radius 3 is 2.65 bits per heavy atom. The number of hydrogen-bond acceptors (Lipinski definition) is 6. The maximum absolute atomic E-state index is 12.7. The van der Waals surface area contributed by atoms with E-state index in [0.29, 0.717) is 28.0 Å². The van der Waals surface area contributed by atoms with Gasteiger partial charge >= 0.3 is 0 Å². The molecule has 164 valence electrons. The quantitative estimate of drug-likeness (QED) is 0.275. The molecule has 1 N–H and O–H groups in total. The van der Waals surface area contributed by atoms with E-state index in [2.05, 4.69) is 26.7 Å². The molecule has 5 rings (SSSR count). The predicted molar refractivity (Wildman–Crippen MR) is 135 cm³/mol. The van der Waals surface area contributed by atoms with Crippen molar-refractivity contribution >= 4 is 57.1 Å². The monoisotopic (exact) mass is 462 g/mol. The molecule has 0 spiro atoms. The second-order valence-electron chi connectivity index (χ2n) is 7.46. The van der Waals surface area contributed by atoms with Gasteiger partial charge in [0.15, 0.2) is 0 Å². The molecule has 0 atom stereocenters. The minimum atomic E-state index is -0.220. The Morgan fingerprint density at radius 1 is 1.03 bits per heavy atom. The maximum atomic E-state index is 12.7. The number of allylic oxidation sites excluding steroid dienone is 1. The molecule has 0 aliphatic rings. The number of fused-ring (bicyclic) bond motifs is 2. The van der Waals surface area contributed by atoms with Crippen LogP contribution >= 0.6 is 11.8 Å². The lowest BCUT2D eigenvalue weighted by atomic mass is 10.2. The highest BCUT2D eigenvalue weighted by atomic mass is 32.2. The van der Waals surface area contributed by atoms with Gasteiger partial charge in [0.2, 0.25) is 0 Å². The number of pyridine rings is 1. The first kappa shape index (κ1) is 21.4. The van der Waals surface area contributed by atoms with Gasteiger partial charge in [0.1, 0.15) is 17.3 Å². The van der Waals surface area contributed by atoms with Crippen LogP contribution in [0.2, 0.25) is 0 Å². The van der Waals surface area contributed by atoms with E-state index >= 15 is 0 Å². The van der Waals surface area contributed by atoms with Gasteiger partial charge in [-0.05, 0) is 60.9 Å². The number of carbonyl (C=O) groups is 1. The molecule has 2 aromatic heterocycles. The highest BCUT2D eigenvalue weighted by Gasteiger charge is 2.12. The molecule has 2 heterocycles. The van der Waals surface area contributed by atoms with Crippen molar-refractivity contribution < 1.29 is 4.79 Å². The average Bonchev–Trinajstić information content (AvgIpc) is 3.30. The summed E-state index contributed by atoms with van der Waals surface area (Å²) in [7, 11) is 0. The largest absolute Gasteiger partial charge is 0.322 e. The van der Waals surface area contributed by atoms with Crippen molar-refractivity contribution in [3.63, 3.8) is 0 Å². The van der Waals surface area contributed by atoms with Crippen LogP contribution in [0.3, 0.4) is 0 Å². The molecule has 0 saturated carbocycles. The number of hydrogen-bond donors (Lipinski definition) is 1. The summed E-state index contributed by atoms with van der Waals surface area (Å²) in [6, 6.07) is 26.5. The van der Waals surface area contributed by atoms with Gasteiger partial charge in [0.05, 0.1) is 16.7 Å². The van der Waals surface area contributed by atoms with Crippen molar-refractivity contribution in [2.75, 3.05) is 11.6 Å². The summed E-state index contributed by atoms with van der Waals surface area (Å²) in [6.45, 7) is 0. The first-order chi connectivity index (χ1) is 16.6. The van der Waals surface area contributed by atoms with E-state index in [4.69, 9.17) is 0 Å². The summed E-state index contributed by atoms with van der Waals surface area (Å²) < 4.78 is 1.45. The summed E-state index contributed by atoms with van der Waals surface area (Å²) in [5, 5.41) is 22.1. The lowest BCUT2D eigenvalue weighted by Gasteiger charge is -2.07. The van der Waals surface area contributed by atoms with Crippen molar-refractivity contribution in [3.05, 3.63) is 90.1 Å². The fourth-order valence-electron chi connectivity index (χ4n) is 3.56. The van der Waals surface area contributed by atoms with Gasteiger partial charge < -0.3 is 5.32 Å². The summed E-state index contributed by atoms with van der Waals surface area (Å²) in [4.78, 5) is 18.4. The average molecular weight is 463 g/mol. The number of benzene rings is 3. The third-order valence-electron chi connectivity index (χ3n) is 5.30. The Kier molecular flexibility index (Phi) is 5.77. The summed E-state index contributed by atoms with van der Waals surface area (Å²) in [6.07, 6.45) is 3.65. The second-order valence-corrected chi connectivity index (χ2v) is 8.34. The normalized spacial score (nSPS) is 11.5. The van der Waals surface area contributed by atoms with E-state index in [9.17, 15) is 10.1 Å². The van der Waals surface area contributed by atoms with Crippen LogP contribution in [0.4, 0.5) is 5.69 Å². The zero-order chi connectivity index (χ0) is 23.5. The molecule has 7 nitrogen and oxygen atoms in total. The molecule has 0 unspecified atom stereocenters. The van der Waals surface area contributed by atoms with Crippen LogP contribution in [0.1, 0.15) is 16.1 Å². The van der Waals surface area contributed by atoms with Crippen molar-refractivity contribution in [2.24, 2.45) is 0 Å². The van der Waals surface area contributed by atoms with Crippen molar-refractivity contribution in [2.45, 2.75) is 4.90 Å². The van der Waals surface area contributed by atoms with Crippen LogP contribution in [0, 0.1) is 11.3 Å². The van der Waals surface area contributed by atoms with Gasteiger partial charge in [-0.3, -0.25) is 4.79 Å². The van der Waals surface area contributed by atoms with Crippen LogP contribution in [0.5, 0.6) is 0 Å². The topological polar surface area (TPSA) is 96.5 Å². The minimum absolute atomic E-state index is 0.220. The van der Waals surface area contributed by atoms with E-state index in [1.807, 2.05) is 54.8 Å². The molecule has 8 heteroatoms. The van der Waals surface area contributed by atoms with Crippen LogP contribution in [0.15, 0.2) is 83.8 Å². The Labute approximate surface area is 199 Å². The van der Waals surface area contributed by atoms with Gasteiger partial charge in [-0.25, -0.2) is 9.67 Å². The number of carbonyl (C=O) groups excluding carboxylic acids is 1. The standard InChI is InChI=1S/C26H18N6OS/c1-34-22-11-7-18(8-12-22)26(33)29-20-10-13-24-25(15-20)32(31-30-24)21(16-27)14-19-9-6-17-4-2-3-5-23(17)28-19/h2-15H,1H3,(H,29,33)/b21-14+. The van der Waals surface area contributed by atoms with Crippen LogP contribution in [-0.4, -0.2) is 32.1 Å². The molecule has 3 aromatic carbocycles. The number of anilines is 1. The van der Waals surface area contributed by atoms with E-state index in [-0.39, 0.29) is 11.6 Å². The fraction of sp³-hybridized carbons (Fsp3) is 0.0385. The number of rotatable bonds is 5. The summed E-state index contributed by atoms with van der Waals surface area (Å²) in [5.41, 5.74) is 4.09. The fourth-order valence-corrected chi connectivity index (χ4v) is 3.97.